The van der Waals surface area contributed by atoms with Crippen LogP contribution in [0.15, 0.2) is 12.7 Å². The van der Waals surface area contributed by atoms with Gasteiger partial charge in [0, 0.05) is 6.61 Å². The molecule has 0 aliphatic carbocycles. The number of rotatable bonds is 3. The molecule has 0 radical (unpaired) electrons. The predicted molar refractivity (Wildman–Crippen MR) is 37.3 cm³/mol. The molecule has 0 heterocycles. The second kappa shape index (κ2) is 10.9. The van der Waals surface area contributed by atoms with E-state index in [0.717, 1.165) is 6.61 Å². The molecule has 0 aromatic carbocycles. The van der Waals surface area contributed by atoms with Gasteiger partial charge in [0.25, 0.3) is 0 Å². The maximum atomic E-state index is 8.56. The summed E-state index contributed by atoms with van der Waals surface area (Å²) >= 11 is 0. The molecular weight excluding hydrogens is 136 g/mol. The van der Waals surface area contributed by atoms with Crippen LogP contribution >= 0.6 is 0 Å². The molecular formula is C6H12O4. The van der Waals surface area contributed by atoms with E-state index in [9.17, 15) is 0 Å². The fourth-order valence-electron chi connectivity index (χ4n) is 0.201. The summed E-state index contributed by atoms with van der Waals surface area (Å²) in [6.45, 7) is 6.90. The van der Waals surface area contributed by atoms with Crippen molar-refractivity contribution in [2.45, 2.75) is 6.92 Å². The molecule has 0 saturated carbocycles. The van der Waals surface area contributed by atoms with Crippen molar-refractivity contribution in [2.75, 3.05) is 13.2 Å². The van der Waals surface area contributed by atoms with Gasteiger partial charge in [-0.25, -0.2) is 4.79 Å². The molecule has 0 aliphatic rings. The molecule has 0 saturated heterocycles. The van der Waals surface area contributed by atoms with Crippen molar-refractivity contribution in [2.24, 2.45) is 0 Å². The molecule has 0 unspecified atom stereocenters. The first kappa shape index (κ1) is 11.7. The molecule has 0 bridgehead atoms. The molecule has 4 heteroatoms. The van der Waals surface area contributed by atoms with Crippen LogP contribution in [0.3, 0.4) is 0 Å². The van der Waals surface area contributed by atoms with Crippen LogP contribution in [0.4, 0.5) is 4.79 Å². The normalized spacial score (nSPS) is 7.30. The van der Waals surface area contributed by atoms with Crippen LogP contribution in [0.5, 0.6) is 0 Å². The van der Waals surface area contributed by atoms with Crippen molar-refractivity contribution in [3.8, 4) is 0 Å². The average Bonchev–Trinajstić information content (AvgIpc) is 1.82. The van der Waals surface area contributed by atoms with Crippen LogP contribution < -0.4 is 0 Å². The van der Waals surface area contributed by atoms with Crippen LogP contribution in [0.2, 0.25) is 0 Å². The van der Waals surface area contributed by atoms with Crippen molar-refractivity contribution in [3.63, 3.8) is 0 Å². The highest BCUT2D eigenvalue weighted by molar-refractivity contribution is 5.53. The first-order chi connectivity index (χ1) is 4.65. The summed E-state index contributed by atoms with van der Waals surface area (Å²) in [6, 6.07) is 0. The van der Waals surface area contributed by atoms with Gasteiger partial charge in [0.05, 0.1) is 6.61 Å². The van der Waals surface area contributed by atoms with Gasteiger partial charge >= 0.3 is 6.16 Å². The van der Waals surface area contributed by atoms with E-state index >= 15 is 0 Å². The van der Waals surface area contributed by atoms with Gasteiger partial charge in [0.2, 0.25) is 0 Å². The summed E-state index contributed by atoms with van der Waals surface area (Å²) in [5, 5.41) is 13.9. The molecule has 4 nitrogen and oxygen atoms in total. The van der Waals surface area contributed by atoms with E-state index in [2.05, 4.69) is 6.58 Å². The second-order valence-corrected chi connectivity index (χ2v) is 1.23. The fraction of sp³-hybridized carbons (Fsp3) is 0.500. The third-order valence-corrected chi connectivity index (χ3v) is 0.440. The summed E-state index contributed by atoms with van der Waals surface area (Å²) in [5.41, 5.74) is 0. The van der Waals surface area contributed by atoms with Crippen molar-refractivity contribution < 1.29 is 19.7 Å². The Morgan fingerprint density at radius 1 is 1.70 bits per heavy atom. The van der Waals surface area contributed by atoms with Gasteiger partial charge in [-0.3, -0.25) is 0 Å². The van der Waals surface area contributed by atoms with E-state index in [1.165, 1.54) is 0 Å². The van der Waals surface area contributed by atoms with E-state index in [1.54, 1.807) is 6.08 Å². The zero-order valence-corrected chi connectivity index (χ0v) is 5.91. The molecule has 10 heavy (non-hydrogen) atoms. The number of carbonyl (C=O) groups is 1. The number of carboxylic acid groups (broad SMARTS) is 2. The van der Waals surface area contributed by atoms with Crippen LogP contribution in [-0.2, 0) is 4.74 Å². The first-order valence-corrected chi connectivity index (χ1v) is 2.75. The van der Waals surface area contributed by atoms with Crippen LogP contribution in [0, 0.1) is 0 Å². The lowest BCUT2D eigenvalue weighted by atomic mass is 10.7. The largest absolute Gasteiger partial charge is 0.503 e. The summed E-state index contributed by atoms with van der Waals surface area (Å²) in [6.07, 6.45) is -0.0937. The van der Waals surface area contributed by atoms with E-state index < -0.39 is 6.16 Å². The Morgan fingerprint density at radius 2 is 2.10 bits per heavy atom. The van der Waals surface area contributed by atoms with Crippen molar-refractivity contribution in [3.05, 3.63) is 12.7 Å². The van der Waals surface area contributed by atoms with Crippen LogP contribution in [-0.4, -0.2) is 29.6 Å². The maximum absolute atomic E-state index is 8.56. The average molecular weight is 148 g/mol. The summed E-state index contributed by atoms with van der Waals surface area (Å²) in [5.74, 6) is 0. The van der Waals surface area contributed by atoms with E-state index in [-0.39, 0.29) is 0 Å². The SMILES string of the molecule is C=CCOCC.O=C(O)O. The maximum Gasteiger partial charge on any atom is 0.503 e. The lowest BCUT2D eigenvalue weighted by Crippen LogP contribution is -1.86. The highest BCUT2D eigenvalue weighted by Gasteiger charge is 1.70. The van der Waals surface area contributed by atoms with Crippen molar-refractivity contribution in [1.82, 2.24) is 0 Å². The molecule has 0 atom stereocenters. The summed E-state index contributed by atoms with van der Waals surface area (Å²) < 4.78 is 4.86. The molecule has 60 valence electrons. The second-order valence-electron chi connectivity index (χ2n) is 1.23. The monoisotopic (exact) mass is 148 g/mol. The Labute approximate surface area is 59.7 Å². The molecule has 0 aromatic heterocycles. The van der Waals surface area contributed by atoms with E-state index in [1.807, 2.05) is 6.92 Å². The first-order valence-electron chi connectivity index (χ1n) is 2.75. The zero-order chi connectivity index (χ0) is 8.41. The molecule has 0 fully saturated rings. The van der Waals surface area contributed by atoms with Gasteiger partial charge in [-0.15, -0.1) is 6.58 Å². The standard InChI is InChI=1S/C5H10O.CH2O3/c1-3-5-6-4-2;2-1(3)4/h3H,1,4-5H2,2H3;(H2,2,3,4). The van der Waals surface area contributed by atoms with Crippen molar-refractivity contribution >= 4 is 6.16 Å². The lowest BCUT2D eigenvalue weighted by molar-refractivity contribution is 0.137. The Hall–Kier alpha value is -1.03. The Bertz CT molecular complexity index is 85.7. The van der Waals surface area contributed by atoms with Gasteiger partial charge in [0.1, 0.15) is 0 Å². The highest BCUT2D eigenvalue weighted by atomic mass is 16.6. The van der Waals surface area contributed by atoms with Crippen molar-refractivity contribution in [1.29, 1.82) is 0 Å². The molecule has 0 rings (SSSR count). The Kier molecular flexibility index (Phi) is 12.7. The number of ether oxygens (including phenoxy) is 1. The minimum atomic E-state index is -1.83. The molecule has 0 aromatic rings. The number of hydrogen-bond acceptors (Lipinski definition) is 2. The topological polar surface area (TPSA) is 66.8 Å². The van der Waals surface area contributed by atoms with Gasteiger partial charge in [0.15, 0.2) is 0 Å². The summed E-state index contributed by atoms with van der Waals surface area (Å²) in [4.78, 5) is 8.56. The molecule has 0 aliphatic heterocycles. The molecule has 2 N–H and O–H groups in total. The Morgan fingerprint density at radius 3 is 2.20 bits per heavy atom. The minimum Gasteiger partial charge on any atom is -0.450 e. The van der Waals surface area contributed by atoms with Gasteiger partial charge in [-0.1, -0.05) is 6.08 Å². The third-order valence-electron chi connectivity index (χ3n) is 0.440. The zero-order valence-electron chi connectivity index (χ0n) is 5.91. The van der Waals surface area contributed by atoms with Crippen LogP contribution in [0.25, 0.3) is 0 Å². The van der Waals surface area contributed by atoms with E-state index in [4.69, 9.17) is 19.7 Å². The van der Waals surface area contributed by atoms with Gasteiger partial charge < -0.3 is 14.9 Å². The predicted octanol–water partition coefficient (Wildman–Crippen LogP) is 1.43. The number of hydrogen-bond donors (Lipinski definition) is 2. The lowest BCUT2D eigenvalue weighted by Gasteiger charge is -1.88. The molecule has 0 amide bonds. The Balaban J connectivity index is 0. The summed E-state index contributed by atoms with van der Waals surface area (Å²) in [7, 11) is 0. The quantitative estimate of drug-likeness (QED) is 0.469. The van der Waals surface area contributed by atoms with Crippen LogP contribution in [0.1, 0.15) is 6.92 Å². The van der Waals surface area contributed by atoms with Gasteiger partial charge in [-0.2, -0.15) is 0 Å². The van der Waals surface area contributed by atoms with E-state index in [0.29, 0.717) is 6.61 Å². The highest BCUT2D eigenvalue weighted by Crippen LogP contribution is 1.69. The smallest absolute Gasteiger partial charge is 0.450 e. The molecule has 0 spiro atoms. The minimum absolute atomic E-state index is 0.677. The third kappa shape index (κ3) is 64.0. The fourth-order valence-corrected chi connectivity index (χ4v) is 0.201. The van der Waals surface area contributed by atoms with Gasteiger partial charge in [-0.05, 0) is 6.92 Å².